The van der Waals surface area contributed by atoms with Crippen molar-refractivity contribution in [3.8, 4) is 17.6 Å². The van der Waals surface area contributed by atoms with Gasteiger partial charge in [-0.1, -0.05) is 82.3 Å². The molecule has 2 fully saturated rings. The standard InChI is InChI=1S/C53H68N7O12P/c1-34(2)73(65,35(3)4)60(28-13-27-54)46-42(71-50(48(46)69-9)59-31-26-45(62)56-52(59)64)32-57(5)29-24-41-43(72-49(47(41)68-8)58-30-25-44(61)55-51(58)63)33-70-53(36-14-11-10-12-15-36,37-16-20-39(66-6)21-17-37)38-18-22-40(67-7)23-19-38/h10-12,14-23,25-26,30-31,34-35,41-43,46-50H,13,24,28-29,32-33H2,1-9H3,(H,55,61,63)(H,56,62,64)/t41-,42-,43-,46-,47-,48-,49-,50-/m1/s1. The fraction of sp³-hybridized carbons (Fsp3) is 0.491. The third kappa shape index (κ3) is 11.3. The number of hydrogen-bond donors (Lipinski definition) is 2. The summed E-state index contributed by atoms with van der Waals surface area (Å²) in [6, 6.07) is 29.2. The normalized spacial score (nSPS) is 22.4. The van der Waals surface area contributed by atoms with Crippen molar-refractivity contribution >= 4 is 7.29 Å². The largest absolute Gasteiger partial charge is 0.497 e. The van der Waals surface area contributed by atoms with E-state index in [9.17, 15) is 24.4 Å². The zero-order chi connectivity index (χ0) is 52.6. The predicted molar refractivity (Wildman–Crippen MR) is 275 cm³/mol. The van der Waals surface area contributed by atoms with Crippen LogP contribution in [0.5, 0.6) is 11.5 Å². The molecule has 2 saturated heterocycles. The third-order valence-electron chi connectivity index (χ3n) is 14.3. The summed E-state index contributed by atoms with van der Waals surface area (Å²) in [6.45, 7) is 8.45. The Balaban J connectivity index is 1.26. The minimum Gasteiger partial charge on any atom is -0.497 e. The molecule has 4 heterocycles. The molecule has 19 nitrogen and oxygen atoms in total. The molecule has 0 spiro atoms. The van der Waals surface area contributed by atoms with Crippen LogP contribution in [-0.4, -0.2) is 132 Å². The first-order valence-electron chi connectivity index (χ1n) is 24.5. The van der Waals surface area contributed by atoms with Crippen LogP contribution in [0.3, 0.4) is 0 Å². The molecule has 20 heteroatoms. The second kappa shape index (κ2) is 23.9. The van der Waals surface area contributed by atoms with Gasteiger partial charge in [0.1, 0.15) is 29.3 Å². The van der Waals surface area contributed by atoms with Crippen LogP contribution in [0.2, 0.25) is 0 Å². The van der Waals surface area contributed by atoms with Crippen molar-refractivity contribution in [2.75, 3.05) is 61.7 Å². The molecule has 2 aliphatic heterocycles. The maximum atomic E-state index is 15.4. The molecule has 0 saturated carbocycles. The van der Waals surface area contributed by atoms with Crippen molar-refractivity contribution in [2.45, 2.75) is 100 Å². The van der Waals surface area contributed by atoms with Gasteiger partial charge in [0, 0.05) is 75.5 Å². The van der Waals surface area contributed by atoms with Crippen molar-refractivity contribution in [1.82, 2.24) is 28.7 Å². The molecule has 0 bridgehead atoms. The summed E-state index contributed by atoms with van der Waals surface area (Å²) in [5.41, 5.74) is -1.86. The number of aromatic nitrogens is 4. The Morgan fingerprint density at radius 3 is 1.66 bits per heavy atom. The number of nitrogens with one attached hydrogen (secondary N) is 2. The summed E-state index contributed by atoms with van der Waals surface area (Å²) in [6.07, 6.45) is -1.73. The average molecular weight is 1030 g/mol. The number of ether oxygens (including phenoxy) is 7. The summed E-state index contributed by atoms with van der Waals surface area (Å²) >= 11 is 0. The van der Waals surface area contributed by atoms with E-state index in [1.54, 1.807) is 21.3 Å². The molecule has 0 unspecified atom stereocenters. The highest BCUT2D eigenvalue weighted by Gasteiger charge is 2.55. The maximum Gasteiger partial charge on any atom is 0.330 e. The van der Waals surface area contributed by atoms with Gasteiger partial charge >= 0.3 is 11.4 Å². The highest BCUT2D eigenvalue weighted by atomic mass is 31.2. The van der Waals surface area contributed by atoms with Crippen molar-refractivity contribution in [2.24, 2.45) is 5.92 Å². The van der Waals surface area contributed by atoms with Crippen LogP contribution < -0.4 is 32.0 Å². The molecule has 0 aliphatic carbocycles. The van der Waals surface area contributed by atoms with Gasteiger partial charge in [0.05, 0.1) is 45.1 Å². The Kier molecular flexibility index (Phi) is 18.0. The minimum absolute atomic E-state index is 0.00225. The number of aromatic amines is 2. The molecule has 73 heavy (non-hydrogen) atoms. The smallest absolute Gasteiger partial charge is 0.330 e. The summed E-state index contributed by atoms with van der Waals surface area (Å²) < 4.78 is 64.5. The quantitative estimate of drug-likeness (QED) is 0.0605. The molecule has 5 aromatic rings. The molecular formula is C53H68N7O12P. The van der Waals surface area contributed by atoms with Gasteiger partial charge in [-0.3, -0.25) is 28.7 Å². The topological polar surface area (TPSA) is 222 Å². The van der Waals surface area contributed by atoms with Gasteiger partial charge in [0.2, 0.25) is 0 Å². The van der Waals surface area contributed by atoms with E-state index in [2.05, 4.69) is 20.9 Å². The molecule has 8 atom stereocenters. The molecule has 0 amide bonds. The summed E-state index contributed by atoms with van der Waals surface area (Å²) in [4.78, 5) is 58.1. The van der Waals surface area contributed by atoms with E-state index < -0.39 is 84.2 Å². The molecular weight excluding hydrogens is 958 g/mol. The first-order valence-corrected chi connectivity index (χ1v) is 26.3. The van der Waals surface area contributed by atoms with E-state index in [1.807, 2.05) is 118 Å². The second-order valence-electron chi connectivity index (χ2n) is 19.0. The molecule has 392 valence electrons. The van der Waals surface area contributed by atoms with E-state index in [0.717, 1.165) is 16.7 Å². The van der Waals surface area contributed by atoms with E-state index in [0.29, 0.717) is 24.5 Å². The number of methoxy groups -OCH3 is 4. The molecule has 3 aromatic carbocycles. The Morgan fingerprint density at radius 1 is 0.699 bits per heavy atom. The SMILES string of the molecule is COc1ccc(C(OC[C@H]2O[C@@H](n3ccc(=O)[nH]c3=O)[C@H](OC)[C@@H]2CCN(C)C[C@H]2O[C@@H](n3ccc(=O)[nH]c3=O)[C@H](OC)[C@@H]2N(CCC#N)P(=O)(C(C)C)C(C)C)(c2ccccc2)c2ccc(OC)cc2)cc1. The lowest BCUT2D eigenvalue weighted by atomic mass is 9.79. The Labute approximate surface area is 424 Å². The van der Waals surface area contributed by atoms with E-state index in [-0.39, 0.29) is 37.4 Å². The van der Waals surface area contributed by atoms with Crippen molar-refractivity contribution in [1.29, 1.82) is 5.26 Å². The number of H-pyrrole nitrogens is 2. The van der Waals surface area contributed by atoms with E-state index in [1.165, 1.54) is 40.8 Å². The van der Waals surface area contributed by atoms with Gasteiger partial charge < -0.3 is 42.6 Å². The fourth-order valence-corrected chi connectivity index (χ4v) is 14.2. The summed E-state index contributed by atoms with van der Waals surface area (Å²) in [7, 11) is 4.93. The lowest BCUT2D eigenvalue weighted by Crippen LogP contribution is -2.52. The van der Waals surface area contributed by atoms with Crippen molar-refractivity contribution < 1.29 is 37.7 Å². The number of nitrogens with zero attached hydrogens (tertiary/aromatic N) is 5. The second-order valence-corrected chi connectivity index (χ2v) is 22.9. The molecule has 0 radical (unpaired) electrons. The monoisotopic (exact) mass is 1030 g/mol. The van der Waals surface area contributed by atoms with Crippen LogP contribution in [0, 0.1) is 17.2 Å². The van der Waals surface area contributed by atoms with Crippen LogP contribution in [0.4, 0.5) is 0 Å². The molecule has 2 aromatic heterocycles. The van der Waals surface area contributed by atoms with Crippen molar-refractivity contribution in [3.05, 3.63) is 162 Å². The van der Waals surface area contributed by atoms with Crippen molar-refractivity contribution in [3.63, 3.8) is 0 Å². The Hall–Kier alpha value is -5.94. The van der Waals surface area contributed by atoms with Gasteiger partial charge in [-0.15, -0.1) is 0 Å². The Bertz CT molecular complexity index is 2880. The number of likely N-dealkylation sites (N-methyl/N-ethyl adjacent to an activating group) is 1. The highest BCUT2D eigenvalue weighted by Crippen LogP contribution is 2.61. The molecule has 2 aliphatic rings. The van der Waals surface area contributed by atoms with Crippen LogP contribution >= 0.6 is 7.29 Å². The predicted octanol–water partition coefficient (Wildman–Crippen LogP) is 5.55. The lowest BCUT2D eigenvalue weighted by molar-refractivity contribution is -0.0932. The lowest BCUT2D eigenvalue weighted by Gasteiger charge is -2.44. The van der Waals surface area contributed by atoms with Crippen LogP contribution in [0.1, 0.15) is 69.7 Å². The number of benzene rings is 3. The van der Waals surface area contributed by atoms with Crippen LogP contribution in [0.25, 0.3) is 0 Å². The van der Waals surface area contributed by atoms with Gasteiger partial charge in [0.15, 0.2) is 19.7 Å². The average Bonchev–Trinajstić information content (AvgIpc) is 3.92. The summed E-state index contributed by atoms with van der Waals surface area (Å²) in [5, 5.41) is 9.89. The van der Waals surface area contributed by atoms with Gasteiger partial charge in [-0.2, -0.15) is 5.26 Å². The first-order chi connectivity index (χ1) is 35.0. The van der Waals surface area contributed by atoms with Gasteiger partial charge in [-0.25, -0.2) is 14.3 Å². The number of nitriles is 1. The zero-order valence-corrected chi connectivity index (χ0v) is 43.8. The van der Waals surface area contributed by atoms with Crippen LogP contribution in [-0.2, 0) is 33.9 Å². The third-order valence-corrected chi connectivity index (χ3v) is 18.5. The minimum atomic E-state index is -3.27. The maximum absolute atomic E-state index is 15.4. The summed E-state index contributed by atoms with van der Waals surface area (Å²) in [5.74, 6) is 0.903. The molecule has 2 N–H and O–H groups in total. The van der Waals surface area contributed by atoms with E-state index in [4.69, 9.17) is 33.2 Å². The number of hydrogen-bond acceptors (Lipinski definition) is 14. The van der Waals surface area contributed by atoms with Gasteiger partial charge in [0.25, 0.3) is 11.1 Å². The van der Waals surface area contributed by atoms with Crippen LogP contribution in [0.15, 0.2) is 123 Å². The highest BCUT2D eigenvalue weighted by molar-refractivity contribution is 7.62. The Morgan fingerprint density at radius 2 is 1.19 bits per heavy atom. The number of rotatable bonds is 23. The first kappa shape index (κ1) is 54.8. The van der Waals surface area contributed by atoms with E-state index >= 15 is 4.57 Å². The fourth-order valence-electron chi connectivity index (χ4n) is 10.7. The molecule has 7 rings (SSSR count). The van der Waals surface area contributed by atoms with Gasteiger partial charge in [-0.05, 0) is 61.0 Å². The zero-order valence-electron chi connectivity index (χ0n) is 42.9.